The fraction of sp³-hybridized carbons (Fsp3) is 0.0714. The zero-order valence-electron chi connectivity index (χ0n) is 18.5. The Bertz CT molecular complexity index is 1400. The van der Waals surface area contributed by atoms with Crippen molar-refractivity contribution in [2.75, 3.05) is 0 Å². The molecule has 1 unspecified atom stereocenters. The molecule has 0 saturated carbocycles. The van der Waals surface area contributed by atoms with Crippen LogP contribution in [0, 0.1) is 28.4 Å². The molecule has 0 radical (unpaired) electrons. The van der Waals surface area contributed by atoms with Crippen molar-refractivity contribution < 1.29 is 13.6 Å². The maximum Gasteiger partial charge on any atom is 0.227 e. The monoisotopic (exact) mass is 466 g/mol. The van der Waals surface area contributed by atoms with Crippen LogP contribution in [0.5, 0.6) is 0 Å². The number of halogens is 2. The molecule has 1 aliphatic heterocycles. The molecule has 7 heteroatoms. The molecular weight excluding hydrogens is 446 g/mol. The molecule has 0 aromatic heterocycles. The molecule has 1 heterocycles. The molecule has 2 N–H and O–H groups in total. The average Bonchev–Trinajstić information content (AvgIpc) is 2.87. The number of amides is 1. The molecule has 1 amide bonds. The summed E-state index contributed by atoms with van der Waals surface area (Å²) in [5.41, 5.74) is 3.04. The molecule has 3 aromatic carbocycles. The number of aliphatic imine (C=N–C) groups is 1. The number of allylic oxidation sites excluding steroid dienone is 3. The third-order valence-electron chi connectivity index (χ3n) is 5.37. The van der Waals surface area contributed by atoms with Crippen LogP contribution in [0.2, 0.25) is 0 Å². The van der Waals surface area contributed by atoms with Gasteiger partial charge in [-0.1, -0.05) is 48.5 Å². The van der Waals surface area contributed by atoms with Gasteiger partial charge in [-0.15, -0.1) is 0 Å². The summed E-state index contributed by atoms with van der Waals surface area (Å²) in [5.74, 6) is -1.75. The van der Waals surface area contributed by atoms with Gasteiger partial charge in [0.05, 0.1) is 29.5 Å². The Morgan fingerprint density at radius 3 is 2.49 bits per heavy atom. The molecule has 35 heavy (non-hydrogen) atoms. The van der Waals surface area contributed by atoms with Crippen molar-refractivity contribution in [2.24, 2.45) is 4.99 Å². The maximum absolute atomic E-state index is 14.7. The summed E-state index contributed by atoms with van der Waals surface area (Å²) in [5, 5.41) is 20.1. The summed E-state index contributed by atoms with van der Waals surface area (Å²) >= 11 is 0. The second kappa shape index (κ2) is 10.5. The molecule has 3 aromatic rings. The van der Waals surface area contributed by atoms with Crippen LogP contribution >= 0.6 is 0 Å². The zero-order chi connectivity index (χ0) is 24.8. The standard InChI is InChI=1S/C28H20F2N4O/c29-22-11-12-23(24(30)15-22)21(10-13-25(32)19-4-2-1-3-5-19)14-27-33-26(16-28(35)34-27)20-8-6-18(17-31)7-9-20/h1-15,27,32H,16H2,(H,34,35). The Balaban J connectivity index is 1.72. The molecule has 0 bridgehead atoms. The second-order valence-corrected chi connectivity index (χ2v) is 7.81. The van der Waals surface area contributed by atoms with Crippen molar-refractivity contribution in [2.45, 2.75) is 12.6 Å². The Hall–Kier alpha value is -4.70. The van der Waals surface area contributed by atoms with Crippen LogP contribution in [0.4, 0.5) is 8.78 Å². The minimum Gasteiger partial charge on any atom is -0.331 e. The van der Waals surface area contributed by atoms with Crippen LogP contribution in [0.25, 0.3) is 5.57 Å². The van der Waals surface area contributed by atoms with Gasteiger partial charge in [0.2, 0.25) is 5.91 Å². The van der Waals surface area contributed by atoms with Crippen molar-refractivity contribution in [3.8, 4) is 6.07 Å². The minimum absolute atomic E-state index is 0.0605. The van der Waals surface area contributed by atoms with Gasteiger partial charge in [-0.2, -0.15) is 5.26 Å². The smallest absolute Gasteiger partial charge is 0.227 e. The highest BCUT2D eigenvalue weighted by Crippen LogP contribution is 2.23. The van der Waals surface area contributed by atoms with Gasteiger partial charge in [0.1, 0.15) is 17.8 Å². The topological polar surface area (TPSA) is 89.1 Å². The number of carbonyl (C=O) groups is 1. The van der Waals surface area contributed by atoms with E-state index < -0.39 is 17.8 Å². The number of carbonyl (C=O) groups excluding carboxylic acids is 1. The predicted molar refractivity (Wildman–Crippen MR) is 131 cm³/mol. The number of benzene rings is 3. The molecule has 1 aliphatic rings. The SMILES string of the molecule is N#Cc1ccc(C2=NC(C=C(C=CC(=N)c3ccccc3)c3ccc(F)cc3F)NC(=O)C2)cc1. The number of nitrogens with one attached hydrogen (secondary N) is 2. The number of hydrogen-bond acceptors (Lipinski definition) is 4. The first-order chi connectivity index (χ1) is 16.9. The first-order valence-electron chi connectivity index (χ1n) is 10.8. The Labute approximate surface area is 201 Å². The third kappa shape index (κ3) is 5.81. The molecular formula is C28H20F2N4O. The lowest BCUT2D eigenvalue weighted by Gasteiger charge is -2.21. The van der Waals surface area contributed by atoms with Crippen molar-refractivity contribution in [3.05, 3.63) is 125 Å². The van der Waals surface area contributed by atoms with E-state index >= 15 is 0 Å². The van der Waals surface area contributed by atoms with Crippen LogP contribution in [-0.2, 0) is 4.79 Å². The third-order valence-corrected chi connectivity index (χ3v) is 5.37. The van der Waals surface area contributed by atoms with Crippen molar-refractivity contribution >= 4 is 22.9 Å². The van der Waals surface area contributed by atoms with Crippen molar-refractivity contribution in [3.63, 3.8) is 0 Å². The van der Waals surface area contributed by atoms with Crippen LogP contribution < -0.4 is 5.32 Å². The average molecular weight is 466 g/mol. The lowest BCUT2D eigenvalue weighted by atomic mass is 10.00. The highest BCUT2D eigenvalue weighted by atomic mass is 19.1. The van der Waals surface area contributed by atoms with Gasteiger partial charge in [-0.05, 0) is 53.1 Å². The van der Waals surface area contributed by atoms with Gasteiger partial charge in [-0.3, -0.25) is 9.79 Å². The molecule has 0 saturated heterocycles. The lowest BCUT2D eigenvalue weighted by Crippen LogP contribution is -2.39. The number of hydrogen-bond donors (Lipinski definition) is 2. The number of nitriles is 1. The van der Waals surface area contributed by atoms with Crippen LogP contribution in [0.15, 0.2) is 96.0 Å². The summed E-state index contributed by atoms with van der Waals surface area (Å²) in [7, 11) is 0. The molecule has 1 atom stereocenters. The predicted octanol–water partition coefficient (Wildman–Crippen LogP) is 5.18. The van der Waals surface area contributed by atoms with E-state index in [2.05, 4.69) is 10.3 Å². The van der Waals surface area contributed by atoms with E-state index in [0.29, 0.717) is 28.0 Å². The van der Waals surface area contributed by atoms with Crippen molar-refractivity contribution in [1.82, 2.24) is 5.32 Å². The highest BCUT2D eigenvalue weighted by Gasteiger charge is 2.21. The molecule has 172 valence electrons. The van der Waals surface area contributed by atoms with Gasteiger partial charge < -0.3 is 10.7 Å². The van der Waals surface area contributed by atoms with E-state index in [4.69, 9.17) is 10.7 Å². The largest absolute Gasteiger partial charge is 0.331 e. The summed E-state index contributed by atoms with van der Waals surface area (Å²) in [6, 6.07) is 21.0. The fourth-order valence-corrected chi connectivity index (χ4v) is 3.62. The number of rotatable bonds is 6. The normalized spacial score (nSPS) is 15.9. The van der Waals surface area contributed by atoms with Crippen molar-refractivity contribution in [1.29, 1.82) is 10.7 Å². The Morgan fingerprint density at radius 2 is 1.80 bits per heavy atom. The van der Waals surface area contributed by atoms with Crippen LogP contribution in [0.1, 0.15) is 28.7 Å². The Kier molecular flexibility index (Phi) is 7.03. The van der Waals surface area contributed by atoms with E-state index in [-0.39, 0.29) is 23.6 Å². The second-order valence-electron chi connectivity index (χ2n) is 7.81. The first kappa shape index (κ1) is 23.5. The van der Waals surface area contributed by atoms with E-state index in [0.717, 1.165) is 12.1 Å². The van der Waals surface area contributed by atoms with Gasteiger partial charge in [-0.25, -0.2) is 8.78 Å². The number of nitrogens with zero attached hydrogens (tertiary/aromatic N) is 2. The quantitative estimate of drug-likeness (QED) is 0.387. The van der Waals surface area contributed by atoms with Gasteiger partial charge in [0, 0.05) is 11.6 Å². The van der Waals surface area contributed by atoms with Gasteiger partial charge in [0.25, 0.3) is 0 Å². The molecule has 4 rings (SSSR count). The summed E-state index contributed by atoms with van der Waals surface area (Å²) in [6.45, 7) is 0. The lowest BCUT2D eigenvalue weighted by molar-refractivity contribution is -0.120. The fourth-order valence-electron chi connectivity index (χ4n) is 3.62. The molecule has 0 spiro atoms. The van der Waals surface area contributed by atoms with E-state index in [1.54, 1.807) is 48.6 Å². The minimum atomic E-state index is -0.808. The van der Waals surface area contributed by atoms with Gasteiger partial charge in [0.15, 0.2) is 0 Å². The van der Waals surface area contributed by atoms with E-state index in [1.807, 2.05) is 24.3 Å². The molecule has 5 nitrogen and oxygen atoms in total. The molecule has 0 fully saturated rings. The first-order valence-corrected chi connectivity index (χ1v) is 10.8. The summed E-state index contributed by atoms with van der Waals surface area (Å²) in [4.78, 5) is 17.0. The van der Waals surface area contributed by atoms with Gasteiger partial charge >= 0.3 is 0 Å². The summed E-state index contributed by atoms with van der Waals surface area (Å²) in [6.07, 6.45) is 3.87. The van der Waals surface area contributed by atoms with E-state index in [1.165, 1.54) is 12.1 Å². The molecule has 0 aliphatic carbocycles. The summed E-state index contributed by atoms with van der Waals surface area (Å²) < 4.78 is 28.2. The van der Waals surface area contributed by atoms with Crippen LogP contribution in [-0.4, -0.2) is 23.5 Å². The Morgan fingerprint density at radius 1 is 1.06 bits per heavy atom. The highest BCUT2D eigenvalue weighted by molar-refractivity contribution is 6.12. The maximum atomic E-state index is 14.7. The van der Waals surface area contributed by atoms with Crippen LogP contribution in [0.3, 0.4) is 0 Å². The zero-order valence-corrected chi connectivity index (χ0v) is 18.5. The van der Waals surface area contributed by atoms with E-state index in [9.17, 15) is 13.6 Å².